The average molecular weight is 203 g/mol. The second-order valence-corrected chi connectivity index (χ2v) is 3.51. The number of carbonyl (C=O) groups excluding carboxylic acids is 1. The van der Waals surface area contributed by atoms with Crippen LogP contribution in [0.3, 0.4) is 0 Å². The third kappa shape index (κ3) is 2.34. The van der Waals surface area contributed by atoms with Crippen LogP contribution in [0.1, 0.15) is 13.3 Å². The molecule has 2 N–H and O–H groups in total. The Hall–Kier alpha value is -1.84. The summed E-state index contributed by atoms with van der Waals surface area (Å²) in [5.41, 5.74) is 2.96. The number of aromatic nitrogens is 2. The van der Waals surface area contributed by atoms with E-state index in [9.17, 15) is 4.79 Å². The van der Waals surface area contributed by atoms with Gasteiger partial charge in [0.2, 0.25) is 0 Å². The van der Waals surface area contributed by atoms with E-state index in [1.54, 1.807) is 13.3 Å². The summed E-state index contributed by atoms with van der Waals surface area (Å²) in [7, 11) is 0. The van der Waals surface area contributed by atoms with Gasteiger partial charge in [-0.3, -0.25) is 4.79 Å². The first-order valence-corrected chi connectivity index (χ1v) is 4.92. The van der Waals surface area contributed by atoms with Gasteiger partial charge in [-0.1, -0.05) is 0 Å². The van der Waals surface area contributed by atoms with E-state index in [-0.39, 0.29) is 5.78 Å². The minimum Gasteiger partial charge on any atom is -0.385 e. The Morgan fingerprint density at radius 2 is 2.40 bits per heavy atom. The van der Waals surface area contributed by atoms with Crippen LogP contribution in [0.25, 0.3) is 11.0 Å². The van der Waals surface area contributed by atoms with Crippen molar-refractivity contribution in [2.75, 3.05) is 11.9 Å². The molecule has 0 fully saturated rings. The molecule has 0 atom stereocenters. The molecule has 0 saturated carbocycles. The smallest absolute Gasteiger partial charge is 0.131 e. The lowest BCUT2D eigenvalue weighted by Gasteiger charge is -2.04. The van der Waals surface area contributed by atoms with Crippen LogP contribution in [-0.4, -0.2) is 22.3 Å². The lowest BCUT2D eigenvalue weighted by atomic mass is 10.2. The van der Waals surface area contributed by atoms with Gasteiger partial charge in [0.1, 0.15) is 5.78 Å². The predicted octanol–water partition coefficient (Wildman–Crippen LogP) is 1.95. The van der Waals surface area contributed by atoms with Crippen molar-refractivity contribution in [2.45, 2.75) is 13.3 Å². The lowest BCUT2D eigenvalue weighted by molar-refractivity contribution is -0.116. The van der Waals surface area contributed by atoms with Gasteiger partial charge in [0.05, 0.1) is 17.4 Å². The zero-order valence-electron chi connectivity index (χ0n) is 8.58. The van der Waals surface area contributed by atoms with E-state index >= 15 is 0 Å². The van der Waals surface area contributed by atoms with E-state index in [2.05, 4.69) is 15.3 Å². The third-order valence-electron chi connectivity index (χ3n) is 2.23. The number of fused-ring (bicyclic) bond motifs is 1. The molecule has 0 spiro atoms. The Balaban J connectivity index is 2.04. The molecule has 15 heavy (non-hydrogen) atoms. The van der Waals surface area contributed by atoms with E-state index in [0.29, 0.717) is 13.0 Å². The Morgan fingerprint density at radius 3 is 3.20 bits per heavy atom. The second-order valence-electron chi connectivity index (χ2n) is 3.51. The highest BCUT2D eigenvalue weighted by Crippen LogP contribution is 2.15. The van der Waals surface area contributed by atoms with Gasteiger partial charge in [-0.25, -0.2) is 4.98 Å². The van der Waals surface area contributed by atoms with Gasteiger partial charge >= 0.3 is 0 Å². The quantitative estimate of drug-likeness (QED) is 0.798. The van der Waals surface area contributed by atoms with Crippen LogP contribution in [0.15, 0.2) is 24.5 Å². The predicted molar refractivity (Wildman–Crippen MR) is 59.9 cm³/mol. The fourth-order valence-electron chi connectivity index (χ4n) is 1.43. The maximum Gasteiger partial charge on any atom is 0.131 e. The van der Waals surface area contributed by atoms with E-state index in [1.807, 2.05) is 18.2 Å². The minimum atomic E-state index is 0.199. The van der Waals surface area contributed by atoms with Crippen molar-refractivity contribution >= 4 is 22.5 Å². The number of nitrogens with zero attached hydrogens (tertiary/aromatic N) is 1. The fourth-order valence-corrected chi connectivity index (χ4v) is 1.43. The number of hydrogen-bond acceptors (Lipinski definition) is 3. The molecule has 2 aromatic rings. The summed E-state index contributed by atoms with van der Waals surface area (Å²) in [6.07, 6.45) is 2.23. The number of imidazole rings is 1. The van der Waals surface area contributed by atoms with Crippen LogP contribution in [0, 0.1) is 0 Å². The summed E-state index contributed by atoms with van der Waals surface area (Å²) >= 11 is 0. The second kappa shape index (κ2) is 4.13. The first-order valence-electron chi connectivity index (χ1n) is 4.92. The molecule has 0 aliphatic rings. The van der Waals surface area contributed by atoms with Crippen molar-refractivity contribution in [3.8, 4) is 0 Å². The van der Waals surface area contributed by atoms with Crippen LogP contribution >= 0.6 is 0 Å². The normalized spacial score (nSPS) is 10.5. The van der Waals surface area contributed by atoms with Crippen molar-refractivity contribution in [3.63, 3.8) is 0 Å². The van der Waals surface area contributed by atoms with Crippen LogP contribution in [0.2, 0.25) is 0 Å². The molecule has 78 valence electrons. The van der Waals surface area contributed by atoms with E-state index in [1.165, 1.54) is 0 Å². The van der Waals surface area contributed by atoms with Gasteiger partial charge in [-0.05, 0) is 25.1 Å². The molecular weight excluding hydrogens is 190 g/mol. The van der Waals surface area contributed by atoms with Crippen LogP contribution < -0.4 is 5.32 Å². The maximum atomic E-state index is 10.7. The molecule has 0 amide bonds. The molecule has 4 heteroatoms. The zero-order chi connectivity index (χ0) is 10.7. The summed E-state index contributed by atoms with van der Waals surface area (Å²) in [6, 6.07) is 5.90. The zero-order valence-corrected chi connectivity index (χ0v) is 8.58. The Bertz CT molecular complexity index is 475. The van der Waals surface area contributed by atoms with Gasteiger partial charge < -0.3 is 10.3 Å². The topological polar surface area (TPSA) is 57.8 Å². The molecule has 0 aliphatic heterocycles. The number of carbonyl (C=O) groups is 1. The molecule has 0 radical (unpaired) electrons. The maximum absolute atomic E-state index is 10.7. The first kappa shape index (κ1) is 9.71. The van der Waals surface area contributed by atoms with Crippen molar-refractivity contribution in [1.82, 2.24) is 9.97 Å². The molecule has 2 rings (SSSR count). The number of nitrogens with one attached hydrogen (secondary N) is 2. The number of ketones is 1. The number of H-pyrrole nitrogens is 1. The highest BCUT2D eigenvalue weighted by Gasteiger charge is 1.98. The van der Waals surface area contributed by atoms with Crippen molar-refractivity contribution in [1.29, 1.82) is 0 Å². The molecule has 0 unspecified atom stereocenters. The Morgan fingerprint density at radius 1 is 1.53 bits per heavy atom. The largest absolute Gasteiger partial charge is 0.385 e. The van der Waals surface area contributed by atoms with Gasteiger partial charge in [0.15, 0.2) is 0 Å². The number of benzene rings is 1. The van der Waals surface area contributed by atoms with Crippen molar-refractivity contribution < 1.29 is 4.79 Å². The Labute approximate surface area is 87.7 Å². The van der Waals surface area contributed by atoms with E-state index < -0.39 is 0 Å². The molecule has 1 aromatic carbocycles. The van der Waals surface area contributed by atoms with E-state index in [0.717, 1.165) is 16.7 Å². The Kier molecular flexibility index (Phi) is 2.67. The van der Waals surface area contributed by atoms with Crippen LogP contribution in [0.4, 0.5) is 5.69 Å². The monoisotopic (exact) mass is 203 g/mol. The summed E-state index contributed by atoms with van der Waals surface area (Å²) in [4.78, 5) is 17.9. The first-order chi connectivity index (χ1) is 7.25. The van der Waals surface area contributed by atoms with Crippen molar-refractivity contribution in [2.24, 2.45) is 0 Å². The summed E-state index contributed by atoms with van der Waals surface area (Å²) in [5, 5.41) is 3.19. The minimum absolute atomic E-state index is 0.199. The molecule has 4 nitrogen and oxygen atoms in total. The molecule has 0 bridgehead atoms. The summed E-state index contributed by atoms with van der Waals surface area (Å²) in [5.74, 6) is 0.199. The van der Waals surface area contributed by atoms with Crippen molar-refractivity contribution in [3.05, 3.63) is 24.5 Å². The van der Waals surface area contributed by atoms with Gasteiger partial charge in [-0.2, -0.15) is 0 Å². The number of Topliss-reactive ketones (excluding diaryl/α,β-unsaturated/α-hetero) is 1. The van der Waals surface area contributed by atoms with Crippen LogP contribution in [-0.2, 0) is 4.79 Å². The highest BCUT2D eigenvalue weighted by molar-refractivity contribution is 5.79. The van der Waals surface area contributed by atoms with Crippen LogP contribution in [0.5, 0.6) is 0 Å². The number of hydrogen-bond donors (Lipinski definition) is 2. The molecule has 1 aromatic heterocycles. The van der Waals surface area contributed by atoms with Gasteiger partial charge in [0, 0.05) is 18.7 Å². The average Bonchev–Trinajstić information content (AvgIpc) is 2.64. The molecule has 0 aliphatic carbocycles. The van der Waals surface area contributed by atoms with Gasteiger partial charge in [-0.15, -0.1) is 0 Å². The highest BCUT2D eigenvalue weighted by atomic mass is 16.1. The van der Waals surface area contributed by atoms with Gasteiger partial charge in [0.25, 0.3) is 0 Å². The summed E-state index contributed by atoms with van der Waals surface area (Å²) in [6.45, 7) is 2.27. The lowest BCUT2D eigenvalue weighted by Crippen LogP contribution is -2.05. The SMILES string of the molecule is CC(=O)CCNc1ccc2nc[nH]c2c1. The number of rotatable bonds is 4. The molecular formula is C11H13N3O. The van der Waals surface area contributed by atoms with E-state index in [4.69, 9.17) is 0 Å². The fraction of sp³-hybridized carbons (Fsp3) is 0.273. The molecule has 0 saturated heterocycles. The standard InChI is InChI=1S/C11H13N3O/c1-8(15)4-5-12-9-2-3-10-11(6-9)14-7-13-10/h2-3,6-7,12H,4-5H2,1H3,(H,13,14). The third-order valence-corrected chi connectivity index (χ3v) is 2.23. The number of aromatic amines is 1. The number of anilines is 1. The summed E-state index contributed by atoms with van der Waals surface area (Å²) < 4.78 is 0. The molecule has 1 heterocycles.